The summed E-state index contributed by atoms with van der Waals surface area (Å²) in [6.45, 7) is 6.81. The smallest absolute Gasteiger partial charge is 0.309 e. The molecule has 2 aromatic rings. The van der Waals surface area contributed by atoms with Crippen molar-refractivity contribution >= 4 is 17.6 Å². The summed E-state index contributed by atoms with van der Waals surface area (Å²) >= 11 is 0. The highest BCUT2D eigenvalue weighted by atomic mass is 19.1. The average molecular weight is 422 g/mol. The molecule has 0 amide bonds. The number of nitrogens with zero attached hydrogens (tertiary/aromatic N) is 1. The van der Waals surface area contributed by atoms with Crippen LogP contribution in [0.15, 0.2) is 53.6 Å². The predicted octanol–water partition coefficient (Wildman–Crippen LogP) is 5.04. The van der Waals surface area contributed by atoms with Gasteiger partial charge in [-0.15, -0.1) is 0 Å². The summed E-state index contributed by atoms with van der Waals surface area (Å²) in [6.07, 6.45) is 3.97. The number of carboxylic acids is 1. The first-order valence-corrected chi connectivity index (χ1v) is 10.7. The molecule has 31 heavy (non-hydrogen) atoms. The molecule has 1 aliphatic heterocycles. The minimum absolute atomic E-state index is 0.211. The van der Waals surface area contributed by atoms with E-state index >= 15 is 0 Å². The molecule has 1 N–H and O–H groups in total. The third-order valence-corrected chi connectivity index (χ3v) is 6.18. The van der Waals surface area contributed by atoms with Crippen LogP contribution in [0.4, 0.5) is 4.39 Å². The maximum absolute atomic E-state index is 13.0. The predicted molar refractivity (Wildman–Crippen MR) is 120 cm³/mol. The normalized spacial score (nSPS) is 17.3. The third kappa shape index (κ3) is 5.05. The first kappa shape index (κ1) is 21.3. The summed E-state index contributed by atoms with van der Waals surface area (Å²) in [5.41, 5.74) is 7.30. The fourth-order valence-electron chi connectivity index (χ4n) is 4.30. The summed E-state index contributed by atoms with van der Waals surface area (Å²) in [6, 6.07) is 12.7. The largest absolute Gasteiger partial charge is 0.489 e. The highest BCUT2D eigenvalue weighted by molar-refractivity contribution is 5.73. The molecule has 1 heterocycles. The van der Waals surface area contributed by atoms with Crippen molar-refractivity contribution in [1.29, 1.82) is 0 Å². The zero-order valence-electron chi connectivity index (χ0n) is 18.0. The number of hydrogen-bond donors (Lipinski definition) is 1. The van der Waals surface area contributed by atoms with E-state index < -0.39 is 5.97 Å². The van der Waals surface area contributed by atoms with E-state index in [0.717, 1.165) is 36.3 Å². The number of rotatable bonds is 7. The van der Waals surface area contributed by atoms with Crippen LogP contribution in [-0.2, 0) is 11.2 Å². The number of fused-ring (bicyclic) bond motifs is 1. The van der Waals surface area contributed by atoms with Gasteiger partial charge in [-0.1, -0.05) is 29.8 Å². The molecular formula is C26H28FNO3. The lowest BCUT2D eigenvalue weighted by Crippen LogP contribution is -2.50. The van der Waals surface area contributed by atoms with Crippen molar-refractivity contribution in [3.63, 3.8) is 0 Å². The number of aryl methyl sites for hydroxylation is 1. The van der Waals surface area contributed by atoms with Crippen molar-refractivity contribution in [1.82, 2.24) is 4.90 Å². The minimum atomic E-state index is -0.689. The molecule has 0 spiro atoms. The van der Waals surface area contributed by atoms with Gasteiger partial charge in [0.15, 0.2) is 0 Å². The second-order valence-electron chi connectivity index (χ2n) is 8.61. The van der Waals surface area contributed by atoms with E-state index in [0.29, 0.717) is 19.7 Å². The summed E-state index contributed by atoms with van der Waals surface area (Å²) in [5.74, 6) is -0.279. The molecule has 1 fully saturated rings. The molecule has 5 heteroatoms. The zero-order valence-corrected chi connectivity index (χ0v) is 18.0. The maximum Gasteiger partial charge on any atom is 0.309 e. The Hall–Kier alpha value is -2.92. The van der Waals surface area contributed by atoms with E-state index in [1.807, 2.05) is 19.1 Å². The number of aliphatic carboxylic acids is 1. The van der Waals surface area contributed by atoms with Crippen LogP contribution in [0, 0.1) is 11.7 Å². The van der Waals surface area contributed by atoms with Crippen LogP contribution in [-0.4, -0.2) is 42.2 Å². The van der Waals surface area contributed by atoms with Gasteiger partial charge in [0.1, 0.15) is 18.2 Å². The molecule has 2 aliphatic rings. The van der Waals surface area contributed by atoms with Crippen molar-refractivity contribution in [3.05, 3.63) is 76.1 Å². The Bertz CT molecular complexity index is 1030. The summed E-state index contributed by atoms with van der Waals surface area (Å²) in [7, 11) is 0. The summed E-state index contributed by atoms with van der Waals surface area (Å²) < 4.78 is 19.0. The van der Waals surface area contributed by atoms with Crippen molar-refractivity contribution < 1.29 is 19.0 Å². The molecule has 2 aromatic carbocycles. The molecule has 0 bridgehead atoms. The van der Waals surface area contributed by atoms with Gasteiger partial charge < -0.3 is 9.84 Å². The van der Waals surface area contributed by atoms with Crippen molar-refractivity contribution in [2.24, 2.45) is 5.92 Å². The van der Waals surface area contributed by atoms with Crippen LogP contribution in [0.1, 0.15) is 37.0 Å². The number of likely N-dealkylation sites (tertiary alicyclic amines) is 1. The van der Waals surface area contributed by atoms with Gasteiger partial charge in [0.2, 0.25) is 0 Å². The third-order valence-electron chi connectivity index (χ3n) is 6.18. The van der Waals surface area contributed by atoms with Crippen LogP contribution in [0.25, 0.3) is 11.6 Å². The van der Waals surface area contributed by atoms with Crippen LogP contribution in [0.3, 0.4) is 0 Å². The van der Waals surface area contributed by atoms with Gasteiger partial charge in [-0.3, -0.25) is 9.69 Å². The van der Waals surface area contributed by atoms with Crippen LogP contribution in [0.5, 0.6) is 5.75 Å². The zero-order chi connectivity index (χ0) is 22.0. The number of carboxylic acid groups (broad SMARTS) is 1. The number of benzene rings is 2. The van der Waals surface area contributed by atoms with Crippen LogP contribution < -0.4 is 4.74 Å². The fraction of sp³-hybridized carbons (Fsp3) is 0.346. The molecule has 0 saturated carbocycles. The molecule has 1 saturated heterocycles. The molecule has 4 rings (SSSR count). The van der Waals surface area contributed by atoms with E-state index in [-0.39, 0.29) is 11.7 Å². The molecule has 0 atom stereocenters. The number of hydrogen-bond acceptors (Lipinski definition) is 3. The van der Waals surface area contributed by atoms with E-state index in [1.54, 1.807) is 12.1 Å². The standard InChI is InChI=1S/C26H28FNO3/c1-17(11-19-3-7-23(27)8-4-19)16-31-24-9-10-25-18(2)21(6-5-20(25)12-24)13-28-14-22(15-28)26(29)30/h3-4,7-12,22H,5-6,13-16H2,1-2H3,(H,29,30)/b17-11+. The quantitative estimate of drug-likeness (QED) is 0.680. The van der Waals surface area contributed by atoms with Crippen molar-refractivity contribution in [2.75, 3.05) is 26.2 Å². The molecule has 0 aromatic heterocycles. The molecule has 4 nitrogen and oxygen atoms in total. The van der Waals surface area contributed by atoms with Gasteiger partial charge in [-0.05, 0) is 78.8 Å². The Labute approximate surface area is 182 Å². The summed E-state index contributed by atoms with van der Waals surface area (Å²) in [4.78, 5) is 13.2. The Balaban J connectivity index is 1.37. The molecular weight excluding hydrogens is 393 g/mol. The first-order valence-electron chi connectivity index (χ1n) is 10.7. The van der Waals surface area contributed by atoms with Gasteiger partial charge in [0, 0.05) is 19.6 Å². The maximum atomic E-state index is 13.0. The van der Waals surface area contributed by atoms with E-state index in [2.05, 4.69) is 24.0 Å². The lowest BCUT2D eigenvalue weighted by Gasteiger charge is -2.38. The Morgan fingerprint density at radius 3 is 2.65 bits per heavy atom. The minimum Gasteiger partial charge on any atom is -0.489 e. The average Bonchev–Trinajstić information content (AvgIpc) is 2.71. The second kappa shape index (κ2) is 9.06. The lowest BCUT2D eigenvalue weighted by molar-refractivity contribution is -0.147. The fourth-order valence-corrected chi connectivity index (χ4v) is 4.30. The summed E-state index contributed by atoms with van der Waals surface area (Å²) in [5, 5.41) is 9.06. The first-order chi connectivity index (χ1) is 14.9. The molecule has 1 aliphatic carbocycles. The van der Waals surface area contributed by atoms with E-state index in [9.17, 15) is 9.18 Å². The van der Waals surface area contributed by atoms with Gasteiger partial charge >= 0.3 is 5.97 Å². The van der Waals surface area contributed by atoms with E-state index in [1.165, 1.54) is 34.4 Å². The Kier molecular flexibility index (Phi) is 6.23. The van der Waals surface area contributed by atoms with Crippen molar-refractivity contribution in [3.8, 4) is 5.75 Å². The highest BCUT2D eigenvalue weighted by Crippen LogP contribution is 2.34. The monoisotopic (exact) mass is 421 g/mol. The molecule has 162 valence electrons. The van der Waals surface area contributed by atoms with Crippen LogP contribution in [0.2, 0.25) is 0 Å². The second-order valence-corrected chi connectivity index (χ2v) is 8.61. The molecule has 0 unspecified atom stereocenters. The number of allylic oxidation sites excluding steroid dienone is 1. The topological polar surface area (TPSA) is 49.8 Å². The molecule has 0 radical (unpaired) electrons. The highest BCUT2D eigenvalue weighted by Gasteiger charge is 2.33. The Morgan fingerprint density at radius 1 is 1.19 bits per heavy atom. The van der Waals surface area contributed by atoms with Crippen LogP contribution >= 0.6 is 0 Å². The van der Waals surface area contributed by atoms with Gasteiger partial charge in [0.05, 0.1) is 5.92 Å². The Morgan fingerprint density at radius 2 is 1.94 bits per heavy atom. The van der Waals surface area contributed by atoms with Crippen molar-refractivity contribution in [2.45, 2.75) is 26.7 Å². The number of carbonyl (C=O) groups is 1. The van der Waals surface area contributed by atoms with Gasteiger partial charge in [-0.25, -0.2) is 4.39 Å². The SMILES string of the molecule is CC1=C(CN2CC(C(=O)O)C2)CCc2cc(OC/C(C)=C/c3ccc(F)cc3)ccc21. The number of ether oxygens (including phenoxy) is 1. The van der Waals surface area contributed by atoms with E-state index in [4.69, 9.17) is 9.84 Å². The van der Waals surface area contributed by atoms with Gasteiger partial charge in [-0.2, -0.15) is 0 Å². The van der Waals surface area contributed by atoms with Gasteiger partial charge in [0.25, 0.3) is 0 Å². The number of halogens is 1. The lowest BCUT2D eigenvalue weighted by atomic mass is 9.85.